The van der Waals surface area contributed by atoms with Crippen LogP contribution in [0.3, 0.4) is 0 Å². The Morgan fingerprint density at radius 3 is 2.57 bits per heavy atom. The summed E-state index contributed by atoms with van der Waals surface area (Å²) < 4.78 is 41.4. The number of anilines is 1. The lowest BCUT2D eigenvalue weighted by molar-refractivity contribution is 0.0577. The highest BCUT2D eigenvalue weighted by atomic mass is 32.3. The lowest BCUT2D eigenvalue weighted by atomic mass is 10.0. The van der Waals surface area contributed by atoms with Gasteiger partial charge in [-0.1, -0.05) is 12.1 Å². The molecule has 0 bridgehead atoms. The Morgan fingerprint density at radius 2 is 2.00 bits per heavy atom. The molecule has 0 fully saturated rings. The molecule has 7 heteroatoms. The minimum Gasteiger partial charge on any atom is -0.443 e. The maximum absolute atomic E-state index is 13.5. The summed E-state index contributed by atoms with van der Waals surface area (Å²) in [5.41, 5.74) is 0.0180. The van der Waals surface area contributed by atoms with Crippen LogP contribution in [0.15, 0.2) is 23.1 Å². The fraction of sp³-hybridized carbons (Fsp3) is 0.500. The summed E-state index contributed by atoms with van der Waals surface area (Å²) in [6.07, 6.45) is 0.597. The molecule has 0 aliphatic carbocycles. The van der Waals surface area contributed by atoms with Crippen LogP contribution in [-0.2, 0) is 21.4 Å². The van der Waals surface area contributed by atoms with Gasteiger partial charge in [-0.05, 0) is 45.2 Å². The standard InChI is InChI=1S/C14H18FNO4S/c1-14(2,3)20-13(17)16-9-5-7-10-6-4-8-11(12(10)16)21(15,18)19/h4,6,8H,5,7,9H2,1-3H3. The average molecular weight is 315 g/mol. The van der Waals surface area contributed by atoms with Gasteiger partial charge in [0.2, 0.25) is 0 Å². The molecule has 1 aliphatic rings. The van der Waals surface area contributed by atoms with Gasteiger partial charge in [-0.15, -0.1) is 3.89 Å². The second-order valence-electron chi connectivity index (χ2n) is 5.94. The number of nitrogens with zero attached hydrogens (tertiary/aromatic N) is 1. The van der Waals surface area contributed by atoms with Crippen LogP contribution < -0.4 is 4.90 Å². The number of hydrogen-bond acceptors (Lipinski definition) is 4. The summed E-state index contributed by atoms with van der Waals surface area (Å²) in [6, 6.07) is 4.33. The van der Waals surface area contributed by atoms with Crippen LogP contribution in [0.1, 0.15) is 32.8 Å². The van der Waals surface area contributed by atoms with Crippen molar-refractivity contribution in [1.82, 2.24) is 0 Å². The van der Waals surface area contributed by atoms with E-state index >= 15 is 0 Å². The van der Waals surface area contributed by atoms with E-state index < -0.39 is 26.8 Å². The molecule has 1 aromatic rings. The van der Waals surface area contributed by atoms with E-state index in [1.165, 1.54) is 11.0 Å². The smallest absolute Gasteiger partial charge is 0.414 e. The third-order valence-corrected chi connectivity index (χ3v) is 3.91. The van der Waals surface area contributed by atoms with Crippen molar-refractivity contribution in [2.24, 2.45) is 0 Å². The zero-order valence-corrected chi connectivity index (χ0v) is 13.0. The number of carbonyl (C=O) groups is 1. The lowest BCUT2D eigenvalue weighted by Gasteiger charge is -2.32. The number of carbonyl (C=O) groups excluding carboxylic acids is 1. The number of aryl methyl sites for hydroxylation is 1. The fourth-order valence-electron chi connectivity index (χ4n) is 2.31. The highest BCUT2D eigenvalue weighted by molar-refractivity contribution is 7.86. The zero-order valence-electron chi connectivity index (χ0n) is 12.2. The second-order valence-corrected chi connectivity index (χ2v) is 7.25. The van der Waals surface area contributed by atoms with Crippen molar-refractivity contribution in [2.45, 2.75) is 44.1 Å². The molecule has 21 heavy (non-hydrogen) atoms. The first kappa shape index (κ1) is 15.8. The molecule has 1 amide bonds. The van der Waals surface area contributed by atoms with E-state index in [1.807, 2.05) is 0 Å². The van der Waals surface area contributed by atoms with E-state index in [4.69, 9.17) is 4.74 Å². The molecule has 1 aromatic carbocycles. The van der Waals surface area contributed by atoms with Crippen LogP contribution in [0, 0.1) is 0 Å². The Bertz CT molecular complexity index is 664. The Kier molecular flexibility index (Phi) is 3.97. The predicted molar refractivity (Wildman–Crippen MR) is 76.6 cm³/mol. The van der Waals surface area contributed by atoms with Crippen LogP contribution in [-0.4, -0.2) is 26.7 Å². The first-order chi connectivity index (χ1) is 9.59. The van der Waals surface area contributed by atoms with Crippen molar-refractivity contribution in [3.63, 3.8) is 0 Å². The van der Waals surface area contributed by atoms with Gasteiger partial charge in [0.05, 0.1) is 5.69 Å². The van der Waals surface area contributed by atoms with Crippen LogP contribution in [0.25, 0.3) is 0 Å². The molecule has 0 atom stereocenters. The third kappa shape index (κ3) is 3.53. The zero-order chi connectivity index (χ0) is 15.8. The minimum atomic E-state index is -4.90. The van der Waals surface area contributed by atoms with E-state index in [2.05, 4.69) is 0 Å². The topological polar surface area (TPSA) is 63.7 Å². The molecule has 0 N–H and O–H groups in total. The highest BCUT2D eigenvalue weighted by Crippen LogP contribution is 2.35. The Labute approximate surface area is 123 Å². The van der Waals surface area contributed by atoms with Gasteiger partial charge in [0, 0.05) is 6.54 Å². The van der Waals surface area contributed by atoms with Crippen LogP contribution in [0.4, 0.5) is 14.4 Å². The molecule has 0 unspecified atom stereocenters. The molecule has 2 rings (SSSR count). The molecule has 1 aliphatic heterocycles. The van der Waals surface area contributed by atoms with Crippen molar-refractivity contribution >= 4 is 22.0 Å². The lowest BCUT2D eigenvalue weighted by Crippen LogP contribution is -2.40. The van der Waals surface area contributed by atoms with Gasteiger partial charge in [-0.2, -0.15) is 8.42 Å². The number of ether oxygens (including phenoxy) is 1. The van der Waals surface area contributed by atoms with Crippen molar-refractivity contribution in [2.75, 3.05) is 11.4 Å². The van der Waals surface area contributed by atoms with Gasteiger partial charge in [0.1, 0.15) is 10.5 Å². The summed E-state index contributed by atoms with van der Waals surface area (Å²) >= 11 is 0. The first-order valence-electron chi connectivity index (χ1n) is 6.67. The SMILES string of the molecule is CC(C)(C)OC(=O)N1CCCc2cccc(S(=O)(=O)F)c21. The molecule has 0 aromatic heterocycles. The summed E-state index contributed by atoms with van der Waals surface area (Å²) in [5, 5.41) is 0. The second kappa shape index (κ2) is 5.29. The molecule has 0 radical (unpaired) electrons. The summed E-state index contributed by atoms with van der Waals surface area (Å²) in [6.45, 7) is 5.45. The van der Waals surface area contributed by atoms with Crippen LogP contribution in [0.5, 0.6) is 0 Å². The van der Waals surface area contributed by atoms with Gasteiger partial charge in [0.15, 0.2) is 0 Å². The predicted octanol–water partition coefficient (Wildman–Crippen LogP) is 3.03. The molecule has 0 saturated heterocycles. The van der Waals surface area contributed by atoms with Crippen molar-refractivity contribution in [3.8, 4) is 0 Å². The third-order valence-electron chi connectivity index (χ3n) is 3.06. The average Bonchev–Trinajstić information content (AvgIpc) is 2.34. The fourth-order valence-corrected chi connectivity index (χ4v) is 3.02. The Morgan fingerprint density at radius 1 is 1.33 bits per heavy atom. The molecule has 0 saturated carbocycles. The molecular weight excluding hydrogens is 297 g/mol. The quantitative estimate of drug-likeness (QED) is 0.747. The van der Waals surface area contributed by atoms with Gasteiger partial charge in [-0.3, -0.25) is 4.90 Å². The molecule has 1 heterocycles. The van der Waals surface area contributed by atoms with E-state index in [9.17, 15) is 17.1 Å². The molecule has 5 nitrogen and oxygen atoms in total. The first-order valence-corrected chi connectivity index (χ1v) is 8.05. The highest BCUT2D eigenvalue weighted by Gasteiger charge is 2.32. The molecule has 0 spiro atoms. The number of fused-ring (bicyclic) bond motifs is 1. The minimum absolute atomic E-state index is 0.0977. The number of rotatable bonds is 1. The van der Waals surface area contributed by atoms with E-state index in [1.54, 1.807) is 26.8 Å². The monoisotopic (exact) mass is 315 g/mol. The Balaban J connectivity index is 2.50. The summed E-state index contributed by atoms with van der Waals surface area (Å²) in [4.78, 5) is 13.0. The van der Waals surface area contributed by atoms with E-state index in [-0.39, 0.29) is 5.69 Å². The number of benzene rings is 1. The number of halogens is 1. The van der Waals surface area contributed by atoms with E-state index in [0.29, 0.717) is 24.9 Å². The van der Waals surface area contributed by atoms with E-state index in [0.717, 1.165) is 6.07 Å². The van der Waals surface area contributed by atoms with Crippen LogP contribution in [0.2, 0.25) is 0 Å². The number of hydrogen-bond donors (Lipinski definition) is 0. The molecular formula is C14H18FNO4S. The normalized spacial score (nSPS) is 15.5. The van der Waals surface area contributed by atoms with Gasteiger partial charge >= 0.3 is 16.3 Å². The van der Waals surface area contributed by atoms with Gasteiger partial charge in [-0.25, -0.2) is 4.79 Å². The van der Waals surface area contributed by atoms with Gasteiger partial charge in [0.25, 0.3) is 0 Å². The molecule has 116 valence electrons. The maximum Gasteiger partial charge on any atom is 0.414 e. The number of amides is 1. The summed E-state index contributed by atoms with van der Waals surface area (Å²) in [7, 11) is -4.90. The number of para-hydroxylation sites is 1. The van der Waals surface area contributed by atoms with Crippen molar-refractivity contribution < 1.29 is 21.8 Å². The van der Waals surface area contributed by atoms with Crippen molar-refractivity contribution in [1.29, 1.82) is 0 Å². The summed E-state index contributed by atoms with van der Waals surface area (Å²) in [5.74, 6) is 0. The Hall–Kier alpha value is -1.63. The van der Waals surface area contributed by atoms with Crippen LogP contribution >= 0.6 is 0 Å². The van der Waals surface area contributed by atoms with Gasteiger partial charge < -0.3 is 4.74 Å². The van der Waals surface area contributed by atoms with Crippen molar-refractivity contribution in [3.05, 3.63) is 23.8 Å². The largest absolute Gasteiger partial charge is 0.443 e. The maximum atomic E-state index is 13.5.